The van der Waals surface area contributed by atoms with Crippen LogP contribution >= 0.6 is 11.8 Å². The molecule has 1 fully saturated rings. The molecule has 2 aromatic carbocycles. The Morgan fingerprint density at radius 2 is 1.89 bits per heavy atom. The van der Waals surface area contributed by atoms with Crippen LogP contribution in [0.1, 0.15) is 33.9 Å². The summed E-state index contributed by atoms with van der Waals surface area (Å²) in [4.78, 5) is 0. The Bertz CT molecular complexity index is 671. The quantitative estimate of drug-likeness (QED) is 0.534. The summed E-state index contributed by atoms with van der Waals surface area (Å²) in [5.41, 5.74) is 9.33. The molecule has 0 bridgehead atoms. The summed E-state index contributed by atoms with van der Waals surface area (Å²) in [6.07, 6.45) is 3.83. The molecule has 2 unspecified atom stereocenters. The number of fused-ring (bicyclic) bond motifs is 6. The van der Waals surface area contributed by atoms with Gasteiger partial charge in [-0.2, -0.15) is 0 Å². The highest BCUT2D eigenvalue weighted by atomic mass is 32.2. The van der Waals surface area contributed by atoms with Crippen molar-refractivity contribution < 1.29 is 0 Å². The van der Waals surface area contributed by atoms with Gasteiger partial charge in [-0.15, -0.1) is 11.8 Å². The van der Waals surface area contributed by atoms with E-state index in [-0.39, 0.29) is 0 Å². The summed E-state index contributed by atoms with van der Waals surface area (Å²) < 4.78 is 0. The molecule has 0 nitrogen and oxygen atoms in total. The third-order valence-electron chi connectivity index (χ3n) is 4.64. The van der Waals surface area contributed by atoms with Gasteiger partial charge in [0.25, 0.3) is 0 Å². The first-order chi connectivity index (χ1) is 8.90. The van der Waals surface area contributed by atoms with Crippen LogP contribution in [0.15, 0.2) is 36.4 Å². The standard InChI is InChI=1S/C17H14S/c1-2-4-13-10(3-1)7-12-8-11-5-6-16-17(18-16)15(11)9-14(12)13/h1-4,8-9,16-17H,5-7H2. The number of rotatable bonds is 0. The highest BCUT2D eigenvalue weighted by molar-refractivity contribution is 8.07. The molecule has 18 heavy (non-hydrogen) atoms. The van der Waals surface area contributed by atoms with E-state index in [1.54, 1.807) is 16.7 Å². The van der Waals surface area contributed by atoms with Gasteiger partial charge in [0.05, 0.1) is 0 Å². The predicted molar refractivity (Wildman–Crippen MR) is 77.1 cm³/mol. The highest BCUT2D eigenvalue weighted by Crippen LogP contribution is 2.61. The number of hydrogen-bond acceptors (Lipinski definition) is 1. The zero-order valence-corrected chi connectivity index (χ0v) is 11.0. The van der Waals surface area contributed by atoms with Gasteiger partial charge in [0.15, 0.2) is 0 Å². The van der Waals surface area contributed by atoms with Crippen LogP contribution < -0.4 is 0 Å². The van der Waals surface area contributed by atoms with Crippen LogP contribution in [-0.4, -0.2) is 5.25 Å². The predicted octanol–water partition coefficient (Wildman–Crippen LogP) is 4.36. The fourth-order valence-electron chi connectivity index (χ4n) is 3.67. The molecule has 0 aromatic heterocycles. The number of thioether (sulfide) groups is 1. The van der Waals surface area contributed by atoms with E-state index in [1.807, 2.05) is 0 Å². The molecule has 0 saturated carbocycles. The average molecular weight is 250 g/mol. The minimum Gasteiger partial charge on any atom is -0.148 e. The molecule has 88 valence electrons. The number of benzene rings is 2. The number of aryl methyl sites for hydroxylation is 1. The van der Waals surface area contributed by atoms with Crippen molar-refractivity contribution in [2.75, 3.05) is 0 Å². The highest BCUT2D eigenvalue weighted by Gasteiger charge is 2.43. The van der Waals surface area contributed by atoms with Crippen molar-refractivity contribution in [2.24, 2.45) is 0 Å². The largest absolute Gasteiger partial charge is 0.148 e. The lowest BCUT2D eigenvalue weighted by Crippen LogP contribution is -2.05. The Hall–Kier alpha value is -1.21. The SMILES string of the molecule is c1ccc2c(c1)Cc1cc3c(cc1-2)C1SC1CC3. The first kappa shape index (κ1) is 9.69. The molecule has 0 spiro atoms. The van der Waals surface area contributed by atoms with Gasteiger partial charge >= 0.3 is 0 Å². The van der Waals surface area contributed by atoms with E-state index in [9.17, 15) is 0 Å². The van der Waals surface area contributed by atoms with E-state index in [2.05, 4.69) is 48.2 Å². The summed E-state index contributed by atoms with van der Waals surface area (Å²) in [5, 5.41) is 1.76. The van der Waals surface area contributed by atoms with E-state index in [0.717, 1.165) is 16.9 Å². The van der Waals surface area contributed by atoms with Crippen LogP contribution in [0.3, 0.4) is 0 Å². The fourth-order valence-corrected chi connectivity index (χ4v) is 4.86. The molecule has 1 saturated heterocycles. The third-order valence-corrected chi connectivity index (χ3v) is 6.06. The molecule has 5 rings (SSSR count). The third kappa shape index (κ3) is 1.18. The van der Waals surface area contributed by atoms with Crippen molar-refractivity contribution in [3.63, 3.8) is 0 Å². The van der Waals surface area contributed by atoms with Gasteiger partial charge in [0.2, 0.25) is 0 Å². The fraction of sp³-hybridized carbons (Fsp3) is 0.294. The van der Waals surface area contributed by atoms with Gasteiger partial charge in [0, 0.05) is 10.5 Å². The lowest BCUT2D eigenvalue weighted by atomic mass is 9.88. The van der Waals surface area contributed by atoms with Crippen molar-refractivity contribution >= 4 is 11.8 Å². The lowest BCUT2D eigenvalue weighted by Gasteiger charge is -2.15. The van der Waals surface area contributed by atoms with E-state index in [4.69, 9.17) is 0 Å². The molecule has 0 radical (unpaired) electrons. The maximum atomic E-state index is 2.51. The van der Waals surface area contributed by atoms with Crippen LogP contribution in [-0.2, 0) is 12.8 Å². The van der Waals surface area contributed by atoms with Crippen LogP contribution in [0.2, 0.25) is 0 Å². The van der Waals surface area contributed by atoms with Crippen LogP contribution in [0.5, 0.6) is 0 Å². The molecular formula is C17H14S. The maximum Gasteiger partial charge on any atom is 0.0422 e. The van der Waals surface area contributed by atoms with Gasteiger partial charge in [-0.25, -0.2) is 0 Å². The topological polar surface area (TPSA) is 0 Å². The van der Waals surface area contributed by atoms with Gasteiger partial charge in [-0.05, 0) is 58.7 Å². The zero-order valence-electron chi connectivity index (χ0n) is 10.1. The summed E-state index contributed by atoms with van der Waals surface area (Å²) >= 11 is 2.17. The van der Waals surface area contributed by atoms with Crippen molar-refractivity contribution in [1.29, 1.82) is 0 Å². The molecule has 1 aliphatic heterocycles. The second-order valence-electron chi connectivity index (χ2n) is 5.68. The van der Waals surface area contributed by atoms with Crippen molar-refractivity contribution in [3.05, 3.63) is 58.7 Å². The number of hydrogen-bond donors (Lipinski definition) is 0. The van der Waals surface area contributed by atoms with E-state index in [0.29, 0.717) is 0 Å². The molecule has 3 aliphatic rings. The van der Waals surface area contributed by atoms with Crippen molar-refractivity contribution in [3.8, 4) is 11.1 Å². The Morgan fingerprint density at radius 3 is 2.89 bits per heavy atom. The Labute approximate surface area is 111 Å². The molecule has 1 heterocycles. The maximum absolute atomic E-state index is 2.51. The second kappa shape index (κ2) is 3.21. The molecule has 1 heteroatoms. The lowest BCUT2D eigenvalue weighted by molar-refractivity contribution is 0.753. The van der Waals surface area contributed by atoms with Gasteiger partial charge in [0.1, 0.15) is 0 Å². The van der Waals surface area contributed by atoms with E-state index in [1.165, 1.54) is 29.5 Å². The van der Waals surface area contributed by atoms with Gasteiger partial charge in [-0.1, -0.05) is 30.3 Å². The smallest absolute Gasteiger partial charge is 0.0422 e. The van der Waals surface area contributed by atoms with Crippen molar-refractivity contribution in [1.82, 2.24) is 0 Å². The van der Waals surface area contributed by atoms with Crippen LogP contribution in [0.4, 0.5) is 0 Å². The van der Waals surface area contributed by atoms with Gasteiger partial charge in [-0.3, -0.25) is 0 Å². The second-order valence-corrected chi connectivity index (χ2v) is 7.06. The van der Waals surface area contributed by atoms with Crippen LogP contribution in [0.25, 0.3) is 11.1 Å². The van der Waals surface area contributed by atoms with E-state index < -0.39 is 0 Å². The Balaban J connectivity index is 1.75. The monoisotopic (exact) mass is 250 g/mol. The first-order valence-electron chi connectivity index (χ1n) is 6.79. The molecule has 0 N–H and O–H groups in total. The van der Waals surface area contributed by atoms with Gasteiger partial charge < -0.3 is 0 Å². The minimum absolute atomic E-state index is 0.826. The van der Waals surface area contributed by atoms with Crippen LogP contribution in [0, 0.1) is 0 Å². The summed E-state index contributed by atoms with van der Waals surface area (Å²) in [6.45, 7) is 0. The average Bonchev–Trinajstić information content (AvgIpc) is 3.11. The molecular weight excluding hydrogens is 236 g/mol. The summed E-state index contributed by atoms with van der Waals surface area (Å²) in [5.74, 6) is 0. The first-order valence-corrected chi connectivity index (χ1v) is 7.74. The summed E-state index contributed by atoms with van der Waals surface area (Å²) in [6, 6.07) is 13.9. The van der Waals surface area contributed by atoms with Crippen molar-refractivity contribution in [2.45, 2.75) is 29.8 Å². The molecule has 2 aromatic rings. The normalized spacial score (nSPS) is 26.0. The molecule has 2 aliphatic carbocycles. The van der Waals surface area contributed by atoms with E-state index >= 15 is 0 Å². The molecule has 2 atom stereocenters. The molecule has 0 amide bonds. The Morgan fingerprint density at radius 1 is 0.944 bits per heavy atom. The zero-order chi connectivity index (χ0) is 11.7. The minimum atomic E-state index is 0.826. The summed E-state index contributed by atoms with van der Waals surface area (Å²) in [7, 11) is 0. The Kier molecular flexibility index (Phi) is 1.73.